The molecule has 80 valence electrons. The van der Waals surface area contributed by atoms with Crippen molar-refractivity contribution in [3.05, 3.63) is 28.8 Å². The van der Waals surface area contributed by atoms with Crippen LogP contribution in [0.25, 0.3) is 0 Å². The van der Waals surface area contributed by atoms with Crippen molar-refractivity contribution in [3.63, 3.8) is 0 Å². The lowest BCUT2D eigenvalue weighted by Crippen LogP contribution is -1.93. The number of nitriles is 1. The first kappa shape index (κ1) is 12.4. The molecule has 0 aliphatic heterocycles. The van der Waals surface area contributed by atoms with Crippen LogP contribution in [0.3, 0.4) is 0 Å². The topological polar surface area (TPSA) is 23.8 Å². The minimum atomic E-state index is 0.523. The molecular weight excluding hydrogens is 226 g/mol. The Labute approximate surface area is 100 Å². The molecule has 3 heteroatoms. The van der Waals surface area contributed by atoms with E-state index in [2.05, 4.69) is 26.0 Å². The average Bonchev–Trinajstić information content (AvgIpc) is 2.16. The van der Waals surface area contributed by atoms with Crippen molar-refractivity contribution in [1.29, 1.82) is 5.26 Å². The molecule has 0 heterocycles. The summed E-state index contributed by atoms with van der Waals surface area (Å²) in [5, 5.41) is 9.90. The van der Waals surface area contributed by atoms with Gasteiger partial charge in [-0.1, -0.05) is 31.5 Å². The molecular formula is C12H14ClNS. The van der Waals surface area contributed by atoms with Crippen molar-refractivity contribution in [2.24, 2.45) is 0 Å². The predicted octanol–water partition coefficient (Wildman–Crippen LogP) is 4.30. The van der Waals surface area contributed by atoms with Crippen LogP contribution in [0, 0.1) is 11.3 Å². The second-order valence-electron chi connectivity index (χ2n) is 3.54. The van der Waals surface area contributed by atoms with Gasteiger partial charge in [0, 0.05) is 21.6 Å². The SMILES string of the molecule is CC(C)Sc1cccc(Cl)c1CCC#N. The van der Waals surface area contributed by atoms with E-state index in [0.717, 1.165) is 17.0 Å². The van der Waals surface area contributed by atoms with Gasteiger partial charge >= 0.3 is 0 Å². The summed E-state index contributed by atoms with van der Waals surface area (Å²) in [5.74, 6) is 0. The first-order valence-electron chi connectivity index (χ1n) is 4.96. The monoisotopic (exact) mass is 239 g/mol. The highest BCUT2D eigenvalue weighted by atomic mass is 35.5. The number of hydrogen-bond donors (Lipinski definition) is 0. The Bertz CT molecular complexity index is 368. The number of nitrogens with zero attached hydrogens (tertiary/aromatic N) is 1. The molecule has 0 N–H and O–H groups in total. The standard InChI is InChI=1S/C12H14ClNS/c1-9(2)15-12-7-3-6-11(13)10(12)5-4-8-14/h3,6-7,9H,4-5H2,1-2H3. The van der Waals surface area contributed by atoms with Crippen LogP contribution in [0.5, 0.6) is 0 Å². The van der Waals surface area contributed by atoms with Crippen LogP contribution in [0.1, 0.15) is 25.8 Å². The van der Waals surface area contributed by atoms with Crippen LogP contribution in [0.4, 0.5) is 0 Å². The van der Waals surface area contributed by atoms with E-state index in [1.807, 2.05) is 12.1 Å². The van der Waals surface area contributed by atoms with Crippen molar-refractivity contribution >= 4 is 23.4 Å². The third kappa shape index (κ3) is 3.77. The minimum Gasteiger partial charge on any atom is -0.198 e. The summed E-state index contributed by atoms with van der Waals surface area (Å²) in [4.78, 5) is 1.20. The molecule has 0 radical (unpaired) electrons. The molecule has 0 bridgehead atoms. The molecule has 1 aromatic rings. The summed E-state index contributed by atoms with van der Waals surface area (Å²) < 4.78 is 0. The highest BCUT2D eigenvalue weighted by Gasteiger charge is 2.08. The third-order valence-corrected chi connectivity index (χ3v) is 3.39. The van der Waals surface area contributed by atoms with Gasteiger partial charge in [0.15, 0.2) is 0 Å². The van der Waals surface area contributed by atoms with E-state index in [1.54, 1.807) is 11.8 Å². The maximum Gasteiger partial charge on any atom is 0.0625 e. The Morgan fingerprint density at radius 1 is 1.47 bits per heavy atom. The molecule has 0 unspecified atom stereocenters. The van der Waals surface area contributed by atoms with Crippen molar-refractivity contribution < 1.29 is 0 Å². The van der Waals surface area contributed by atoms with E-state index in [1.165, 1.54) is 4.90 Å². The minimum absolute atomic E-state index is 0.523. The van der Waals surface area contributed by atoms with Crippen LogP contribution >= 0.6 is 23.4 Å². The molecule has 15 heavy (non-hydrogen) atoms. The van der Waals surface area contributed by atoms with Crippen molar-refractivity contribution in [1.82, 2.24) is 0 Å². The molecule has 0 saturated carbocycles. The Hall–Kier alpha value is -0.650. The lowest BCUT2D eigenvalue weighted by molar-refractivity contribution is 0.975. The van der Waals surface area contributed by atoms with Crippen LogP contribution < -0.4 is 0 Å². The zero-order valence-corrected chi connectivity index (χ0v) is 10.5. The van der Waals surface area contributed by atoms with Gasteiger partial charge in [0.2, 0.25) is 0 Å². The Kier molecular flexibility index (Phi) is 5.01. The van der Waals surface area contributed by atoms with E-state index >= 15 is 0 Å². The van der Waals surface area contributed by atoms with Crippen LogP contribution in [-0.4, -0.2) is 5.25 Å². The second-order valence-corrected chi connectivity index (χ2v) is 5.57. The van der Waals surface area contributed by atoms with Gasteiger partial charge < -0.3 is 0 Å². The number of hydrogen-bond acceptors (Lipinski definition) is 2. The van der Waals surface area contributed by atoms with Gasteiger partial charge in [0.1, 0.15) is 0 Å². The molecule has 0 atom stereocenters. The average molecular weight is 240 g/mol. The van der Waals surface area contributed by atoms with Gasteiger partial charge in [-0.3, -0.25) is 0 Å². The normalized spacial score (nSPS) is 10.3. The molecule has 0 aliphatic rings. The summed E-state index contributed by atoms with van der Waals surface area (Å²) in [6.07, 6.45) is 1.26. The molecule has 0 amide bonds. The second kappa shape index (κ2) is 6.05. The number of halogens is 1. The fraction of sp³-hybridized carbons (Fsp3) is 0.417. The van der Waals surface area contributed by atoms with Gasteiger partial charge in [-0.05, 0) is 24.1 Å². The van der Waals surface area contributed by atoms with Crippen molar-refractivity contribution in [2.45, 2.75) is 36.8 Å². The summed E-state index contributed by atoms with van der Waals surface area (Å²) in [6, 6.07) is 8.08. The summed E-state index contributed by atoms with van der Waals surface area (Å²) in [5.41, 5.74) is 1.11. The molecule has 1 aromatic carbocycles. The fourth-order valence-electron chi connectivity index (χ4n) is 1.33. The van der Waals surface area contributed by atoms with E-state index in [4.69, 9.17) is 16.9 Å². The molecule has 0 aromatic heterocycles. The first-order valence-corrected chi connectivity index (χ1v) is 6.22. The lowest BCUT2D eigenvalue weighted by Gasteiger charge is -2.11. The van der Waals surface area contributed by atoms with Crippen LogP contribution in [0.15, 0.2) is 23.1 Å². The van der Waals surface area contributed by atoms with E-state index < -0.39 is 0 Å². The van der Waals surface area contributed by atoms with E-state index in [-0.39, 0.29) is 0 Å². The van der Waals surface area contributed by atoms with Crippen LogP contribution in [-0.2, 0) is 6.42 Å². The Morgan fingerprint density at radius 2 is 2.20 bits per heavy atom. The molecule has 0 saturated heterocycles. The molecule has 1 nitrogen and oxygen atoms in total. The highest BCUT2D eigenvalue weighted by molar-refractivity contribution is 8.00. The maximum atomic E-state index is 8.59. The lowest BCUT2D eigenvalue weighted by atomic mass is 10.1. The van der Waals surface area contributed by atoms with Gasteiger partial charge in [-0.15, -0.1) is 11.8 Å². The smallest absolute Gasteiger partial charge is 0.0625 e. The Morgan fingerprint density at radius 3 is 2.80 bits per heavy atom. The van der Waals surface area contributed by atoms with Crippen LogP contribution in [0.2, 0.25) is 5.02 Å². The molecule has 0 aliphatic carbocycles. The number of thioether (sulfide) groups is 1. The van der Waals surface area contributed by atoms with Crippen molar-refractivity contribution in [2.75, 3.05) is 0 Å². The zero-order valence-electron chi connectivity index (χ0n) is 8.96. The summed E-state index contributed by atoms with van der Waals surface area (Å²) in [7, 11) is 0. The number of benzene rings is 1. The quantitative estimate of drug-likeness (QED) is 0.732. The third-order valence-electron chi connectivity index (χ3n) is 1.93. The van der Waals surface area contributed by atoms with E-state index in [9.17, 15) is 0 Å². The zero-order chi connectivity index (χ0) is 11.3. The number of rotatable bonds is 4. The molecule has 0 spiro atoms. The maximum absolute atomic E-state index is 8.59. The predicted molar refractivity (Wildman–Crippen MR) is 66.4 cm³/mol. The fourth-order valence-corrected chi connectivity index (χ4v) is 2.67. The van der Waals surface area contributed by atoms with E-state index in [0.29, 0.717) is 11.7 Å². The highest BCUT2D eigenvalue weighted by Crippen LogP contribution is 2.31. The van der Waals surface area contributed by atoms with Gasteiger partial charge in [-0.25, -0.2) is 0 Å². The Balaban J connectivity index is 2.93. The molecule has 1 rings (SSSR count). The van der Waals surface area contributed by atoms with Gasteiger partial charge in [-0.2, -0.15) is 5.26 Å². The molecule has 0 fully saturated rings. The largest absolute Gasteiger partial charge is 0.198 e. The van der Waals surface area contributed by atoms with Crippen molar-refractivity contribution in [3.8, 4) is 6.07 Å². The summed E-state index contributed by atoms with van der Waals surface area (Å²) in [6.45, 7) is 4.30. The van der Waals surface area contributed by atoms with Gasteiger partial charge in [0.05, 0.1) is 6.07 Å². The van der Waals surface area contributed by atoms with Gasteiger partial charge in [0.25, 0.3) is 0 Å². The first-order chi connectivity index (χ1) is 7.15. The summed E-state index contributed by atoms with van der Waals surface area (Å²) >= 11 is 7.92.